The Bertz CT molecular complexity index is 2460. The molecule has 6 aromatic rings. The molecule has 0 N–H and O–H groups in total. The minimum absolute atomic E-state index is 0.426. The van der Waals surface area contributed by atoms with Gasteiger partial charge in [0.25, 0.3) is 0 Å². The van der Waals surface area contributed by atoms with Gasteiger partial charge in [-0.05, 0) is 122 Å². The Labute approximate surface area is 329 Å². The second-order valence-electron chi connectivity index (χ2n) is 14.8. The van der Waals surface area contributed by atoms with Gasteiger partial charge >= 0.3 is 0 Å². The van der Waals surface area contributed by atoms with Crippen molar-refractivity contribution in [1.29, 1.82) is 0 Å². The van der Waals surface area contributed by atoms with Crippen LogP contribution < -0.4 is 4.90 Å². The molecule has 1 atom stereocenters. The van der Waals surface area contributed by atoms with Crippen LogP contribution in [0.4, 0.5) is 11.4 Å². The number of aryl methyl sites for hydroxylation is 3. The second-order valence-corrected chi connectivity index (χ2v) is 14.8. The minimum atomic E-state index is -0.426. The summed E-state index contributed by atoms with van der Waals surface area (Å²) in [5, 5.41) is 2.58. The molecule has 5 aromatic carbocycles. The van der Waals surface area contributed by atoms with Gasteiger partial charge in [-0.15, -0.1) is 13.2 Å². The maximum atomic E-state index is 3.60. The standard InChI is InChI=1S/C43H42N2.C10H14/c1-8-9-16-37(28(2)3)43(38-17-12-10-14-30(38)5)39-23-19-29(4)25-35(39)33-22-20-32(27-40(33)43)44(6)31-21-24-42-36(26-31)34-15-11-13-18-41(34)45(42)7;1-3-5-7-9-10-8-6-4-2/h9-27H,8H2,1-7H3;3-4,7-10H,1-2,5-6H2/b16-9-;9-7-,10-8-. The first-order valence-corrected chi connectivity index (χ1v) is 19.6. The number of hydrogen-bond acceptors (Lipinski definition) is 1. The highest BCUT2D eigenvalue weighted by Gasteiger charge is 2.48. The van der Waals surface area contributed by atoms with Crippen molar-refractivity contribution < 1.29 is 0 Å². The van der Waals surface area contributed by atoms with Gasteiger partial charge in [-0.25, -0.2) is 0 Å². The van der Waals surface area contributed by atoms with Crippen molar-refractivity contribution in [2.24, 2.45) is 7.05 Å². The number of benzene rings is 5. The Hall–Kier alpha value is -5.86. The lowest BCUT2D eigenvalue weighted by atomic mass is 9.64. The quantitative estimate of drug-likeness (QED) is 0.0955. The molecule has 1 aliphatic rings. The van der Waals surface area contributed by atoms with E-state index in [1.165, 1.54) is 83.3 Å². The van der Waals surface area contributed by atoms with Crippen LogP contribution in [0.2, 0.25) is 0 Å². The number of aromatic nitrogens is 1. The zero-order valence-corrected chi connectivity index (χ0v) is 33.9. The Morgan fingerprint density at radius 1 is 0.673 bits per heavy atom. The van der Waals surface area contributed by atoms with Gasteiger partial charge in [0.05, 0.1) is 5.41 Å². The normalized spacial score (nSPS) is 14.7. The first-order valence-electron chi connectivity index (χ1n) is 19.6. The highest BCUT2D eigenvalue weighted by atomic mass is 15.1. The first-order chi connectivity index (χ1) is 26.7. The van der Waals surface area contributed by atoms with E-state index in [4.69, 9.17) is 0 Å². The molecule has 278 valence electrons. The third-order valence-corrected chi connectivity index (χ3v) is 10.9. The highest BCUT2D eigenvalue weighted by Crippen LogP contribution is 2.58. The summed E-state index contributed by atoms with van der Waals surface area (Å²) < 4.78 is 2.30. The average Bonchev–Trinajstić information content (AvgIpc) is 3.64. The predicted octanol–water partition coefficient (Wildman–Crippen LogP) is 14.6. The number of fused-ring (bicyclic) bond motifs is 6. The second kappa shape index (κ2) is 17.1. The fourth-order valence-electron chi connectivity index (χ4n) is 8.28. The molecule has 0 spiro atoms. The van der Waals surface area contributed by atoms with Gasteiger partial charge in [0.1, 0.15) is 0 Å². The first kappa shape index (κ1) is 38.9. The Morgan fingerprint density at radius 3 is 2.02 bits per heavy atom. The van der Waals surface area contributed by atoms with E-state index in [1.54, 1.807) is 0 Å². The Morgan fingerprint density at radius 2 is 1.33 bits per heavy atom. The fourth-order valence-corrected chi connectivity index (χ4v) is 8.28. The van der Waals surface area contributed by atoms with E-state index in [-0.39, 0.29) is 0 Å². The summed E-state index contributed by atoms with van der Waals surface area (Å²) in [4.78, 5) is 2.35. The summed E-state index contributed by atoms with van der Waals surface area (Å²) in [5.74, 6) is 0. The van der Waals surface area contributed by atoms with Crippen molar-refractivity contribution in [3.63, 3.8) is 0 Å². The van der Waals surface area contributed by atoms with E-state index < -0.39 is 5.41 Å². The largest absolute Gasteiger partial charge is 0.345 e. The van der Waals surface area contributed by atoms with Gasteiger partial charge in [0.2, 0.25) is 0 Å². The fraction of sp³-hybridized carbons (Fsp3) is 0.208. The molecule has 2 nitrogen and oxygen atoms in total. The highest BCUT2D eigenvalue weighted by molar-refractivity contribution is 6.09. The molecule has 0 saturated carbocycles. The predicted molar refractivity (Wildman–Crippen MR) is 242 cm³/mol. The number of rotatable bonds is 11. The monoisotopic (exact) mass is 720 g/mol. The third kappa shape index (κ3) is 7.34. The van der Waals surface area contributed by atoms with Crippen molar-refractivity contribution in [3.05, 3.63) is 204 Å². The number of allylic oxidation sites excluding steroid dienone is 10. The van der Waals surface area contributed by atoms with Crippen LogP contribution in [-0.2, 0) is 12.5 Å². The zero-order valence-electron chi connectivity index (χ0n) is 33.9. The SMILES string of the molecule is C=CC/C=C\C=C/CC=C.CC/C=C\C(=C(C)C)C1(c2ccccc2C)c2ccc(C)cc2-c2ccc(N(C)c3ccc4c(c3)c3ccccc3n4C)cc21. The molecular formula is C53H56N2. The van der Waals surface area contributed by atoms with Gasteiger partial charge in [-0.1, -0.05) is 133 Å². The lowest BCUT2D eigenvalue weighted by Crippen LogP contribution is -2.31. The van der Waals surface area contributed by atoms with Crippen LogP contribution in [0.5, 0.6) is 0 Å². The molecule has 0 saturated heterocycles. The summed E-state index contributed by atoms with van der Waals surface area (Å²) in [5.41, 5.74) is 16.5. The minimum Gasteiger partial charge on any atom is -0.345 e. The van der Waals surface area contributed by atoms with Crippen molar-refractivity contribution in [2.75, 3.05) is 11.9 Å². The summed E-state index contributed by atoms with van der Waals surface area (Å²) in [6.07, 6.45) is 19.5. The van der Waals surface area contributed by atoms with Crippen LogP contribution in [0.25, 0.3) is 32.9 Å². The lowest BCUT2D eigenvalue weighted by Gasteiger charge is -2.37. The molecular weight excluding hydrogens is 665 g/mol. The summed E-state index contributed by atoms with van der Waals surface area (Å²) in [7, 11) is 4.36. The topological polar surface area (TPSA) is 8.17 Å². The van der Waals surface area contributed by atoms with Gasteiger partial charge in [0.15, 0.2) is 0 Å². The lowest BCUT2D eigenvalue weighted by molar-refractivity contribution is 0.748. The third-order valence-electron chi connectivity index (χ3n) is 10.9. The van der Waals surface area contributed by atoms with E-state index in [1.807, 2.05) is 24.3 Å². The average molecular weight is 721 g/mol. The Kier molecular flexibility index (Phi) is 12.1. The smallest absolute Gasteiger partial charge is 0.0716 e. The van der Waals surface area contributed by atoms with E-state index in [2.05, 4.69) is 199 Å². The molecule has 0 fully saturated rings. The van der Waals surface area contributed by atoms with Gasteiger partial charge in [0, 0.05) is 47.3 Å². The number of hydrogen-bond donors (Lipinski definition) is 0. The molecule has 7 rings (SSSR count). The zero-order chi connectivity index (χ0) is 39.1. The molecule has 1 heterocycles. The number of anilines is 2. The van der Waals surface area contributed by atoms with Gasteiger partial charge in [-0.3, -0.25) is 0 Å². The maximum Gasteiger partial charge on any atom is 0.0716 e. The summed E-state index contributed by atoms with van der Waals surface area (Å²) >= 11 is 0. The molecule has 0 bridgehead atoms. The Balaban J connectivity index is 0.000000454. The number of para-hydroxylation sites is 1. The van der Waals surface area contributed by atoms with Gasteiger partial charge < -0.3 is 9.47 Å². The molecule has 2 heteroatoms. The van der Waals surface area contributed by atoms with Crippen molar-refractivity contribution in [3.8, 4) is 11.1 Å². The van der Waals surface area contributed by atoms with E-state index in [0.717, 1.165) is 19.3 Å². The summed E-state index contributed by atoms with van der Waals surface area (Å²) in [6.45, 7) is 18.5. The van der Waals surface area contributed by atoms with E-state index >= 15 is 0 Å². The van der Waals surface area contributed by atoms with E-state index in [9.17, 15) is 0 Å². The van der Waals surface area contributed by atoms with Crippen LogP contribution >= 0.6 is 0 Å². The summed E-state index contributed by atoms with van der Waals surface area (Å²) in [6, 6.07) is 38.7. The molecule has 55 heavy (non-hydrogen) atoms. The molecule has 1 unspecified atom stereocenters. The van der Waals surface area contributed by atoms with Crippen LogP contribution in [0.15, 0.2) is 176 Å². The van der Waals surface area contributed by atoms with Crippen molar-refractivity contribution in [2.45, 2.75) is 59.3 Å². The number of nitrogens with zero attached hydrogens (tertiary/aromatic N) is 2. The van der Waals surface area contributed by atoms with Crippen LogP contribution in [0.1, 0.15) is 67.9 Å². The van der Waals surface area contributed by atoms with E-state index in [0.29, 0.717) is 0 Å². The van der Waals surface area contributed by atoms with Crippen LogP contribution in [-0.4, -0.2) is 11.6 Å². The van der Waals surface area contributed by atoms with Crippen molar-refractivity contribution >= 4 is 33.2 Å². The van der Waals surface area contributed by atoms with Crippen molar-refractivity contribution in [1.82, 2.24) is 4.57 Å². The molecule has 1 aromatic heterocycles. The molecule has 0 amide bonds. The molecule has 0 radical (unpaired) electrons. The maximum absolute atomic E-state index is 3.60. The molecule has 0 aliphatic heterocycles. The molecule has 1 aliphatic carbocycles. The van der Waals surface area contributed by atoms with Gasteiger partial charge in [-0.2, -0.15) is 0 Å². The van der Waals surface area contributed by atoms with Crippen LogP contribution in [0.3, 0.4) is 0 Å². The van der Waals surface area contributed by atoms with Crippen LogP contribution in [0, 0.1) is 13.8 Å².